The van der Waals surface area contributed by atoms with Crippen molar-refractivity contribution in [2.45, 2.75) is 0 Å². The molecule has 0 fully saturated rings. The number of benzene rings is 1. The Morgan fingerprint density at radius 2 is 1.74 bits per heavy atom. The van der Waals surface area contributed by atoms with Crippen LogP contribution in [-0.4, -0.2) is 39.2 Å². The summed E-state index contributed by atoms with van der Waals surface area (Å²) in [6.07, 6.45) is 3.05. The molecule has 0 unspecified atom stereocenters. The fourth-order valence-corrected chi connectivity index (χ4v) is 2.43. The van der Waals surface area contributed by atoms with Crippen LogP contribution in [0.2, 0.25) is 0 Å². The van der Waals surface area contributed by atoms with E-state index in [1.165, 1.54) is 24.2 Å². The second-order valence-electron chi connectivity index (χ2n) is 4.49. The molecular formula is C16H15N3O3S. The summed E-state index contributed by atoms with van der Waals surface area (Å²) in [4.78, 5) is 26.5. The molecule has 6 nitrogen and oxygen atoms in total. The molecule has 1 heterocycles. The number of rotatable bonds is 7. The summed E-state index contributed by atoms with van der Waals surface area (Å²) < 4.78 is 0. The van der Waals surface area contributed by atoms with E-state index in [2.05, 4.69) is 15.5 Å². The van der Waals surface area contributed by atoms with Gasteiger partial charge in [0.05, 0.1) is 11.5 Å². The molecule has 0 atom stereocenters. The number of aromatic nitrogens is 1. The summed E-state index contributed by atoms with van der Waals surface area (Å²) in [5.41, 5.74) is 4.39. The Balaban J connectivity index is 2.09. The molecule has 118 valence electrons. The number of hydrogen-bond donors (Lipinski definition) is 2. The molecule has 0 saturated carbocycles. The first kappa shape index (κ1) is 16.7. The number of carbonyl (C=O) groups excluding carboxylic acids is 1. The van der Waals surface area contributed by atoms with Crippen LogP contribution in [0.1, 0.15) is 15.9 Å². The Bertz CT molecular complexity index is 690. The Kier molecular flexibility index (Phi) is 6.31. The smallest absolute Gasteiger partial charge is 0.313 e. The maximum atomic E-state index is 12.0. The average molecular weight is 329 g/mol. The summed E-state index contributed by atoms with van der Waals surface area (Å²) in [6, 6.07) is 12.5. The van der Waals surface area contributed by atoms with Crippen LogP contribution in [0.25, 0.3) is 0 Å². The molecule has 0 bridgehead atoms. The van der Waals surface area contributed by atoms with E-state index in [0.717, 1.165) is 5.56 Å². The Labute approximate surface area is 137 Å². The van der Waals surface area contributed by atoms with Crippen molar-refractivity contribution in [3.05, 3.63) is 66.0 Å². The molecule has 0 aliphatic rings. The molecule has 0 saturated heterocycles. The number of aliphatic carboxylic acids is 1. The SMILES string of the molecule is O=C(O)CSC/C(=N/NC(=O)c1ccncc1)c1ccccc1. The quantitative estimate of drug-likeness (QED) is 0.599. The second-order valence-corrected chi connectivity index (χ2v) is 5.47. The average Bonchev–Trinajstić information content (AvgIpc) is 2.59. The number of nitrogens with one attached hydrogen (secondary N) is 1. The molecule has 0 aliphatic heterocycles. The summed E-state index contributed by atoms with van der Waals surface area (Å²) in [5, 5.41) is 12.9. The van der Waals surface area contributed by atoms with Gasteiger partial charge in [-0.3, -0.25) is 14.6 Å². The van der Waals surface area contributed by atoms with Crippen LogP contribution in [0.4, 0.5) is 0 Å². The molecule has 1 aromatic carbocycles. The highest BCUT2D eigenvalue weighted by Crippen LogP contribution is 2.08. The number of thioether (sulfide) groups is 1. The van der Waals surface area contributed by atoms with E-state index < -0.39 is 5.97 Å². The van der Waals surface area contributed by atoms with E-state index in [1.807, 2.05) is 30.3 Å². The third kappa shape index (κ3) is 5.55. The maximum Gasteiger partial charge on any atom is 0.313 e. The molecule has 0 spiro atoms. The predicted molar refractivity (Wildman–Crippen MR) is 89.6 cm³/mol. The van der Waals surface area contributed by atoms with Crippen molar-refractivity contribution in [1.82, 2.24) is 10.4 Å². The molecule has 2 aromatic rings. The zero-order valence-corrected chi connectivity index (χ0v) is 13.0. The lowest BCUT2D eigenvalue weighted by Crippen LogP contribution is -2.21. The third-order valence-corrected chi connectivity index (χ3v) is 3.73. The lowest BCUT2D eigenvalue weighted by atomic mass is 10.1. The van der Waals surface area contributed by atoms with Crippen molar-refractivity contribution in [2.75, 3.05) is 11.5 Å². The van der Waals surface area contributed by atoms with E-state index in [0.29, 0.717) is 17.0 Å². The molecule has 23 heavy (non-hydrogen) atoms. The standard InChI is InChI=1S/C16H15N3O3S/c20-15(21)11-23-10-14(12-4-2-1-3-5-12)18-19-16(22)13-6-8-17-9-7-13/h1-9H,10-11H2,(H,19,22)(H,20,21)/b18-14-. The first-order valence-corrected chi connectivity index (χ1v) is 7.94. The van der Waals surface area contributed by atoms with Crippen LogP contribution in [0.3, 0.4) is 0 Å². The van der Waals surface area contributed by atoms with Crippen molar-refractivity contribution in [2.24, 2.45) is 5.10 Å². The molecular weight excluding hydrogens is 314 g/mol. The Morgan fingerprint density at radius 3 is 2.39 bits per heavy atom. The van der Waals surface area contributed by atoms with Gasteiger partial charge < -0.3 is 5.11 Å². The number of hydrazone groups is 1. The van der Waals surface area contributed by atoms with E-state index >= 15 is 0 Å². The number of amides is 1. The number of hydrogen-bond acceptors (Lipinski definition) is 5. The van der Waals surface area contributed by atoms with Gasteiger partial charge in [-0.2, -0.15) is 5.10 Å². The highest BCUT2D eigenvalue weighted by Gasteiger charge is 2.08. The number of carboxylic acids is 1. The minimum atomic E-state index is -0.886. The van der Waals surface area contributed by atoms with Crippen molar-refractivity contribution in [3.63, 3.8) is 0 Å². The zero-order valence-electron chi connectivity index (χ0n) is 12.2. The van der Waals surface area contributed by atoms with Crippen LogP contribution >= 0.6 is 11.8 Å². The normalized spacial score (nSPS) is 11.0. The monoisotopic (exact) mass is 329 g/mol. The van der Waals surface area contributed by atoms with Crippen molar-refractivity contribution < 1.29 is 14.7 Å². The molecule has 0 radical (unpaired) electrons. The van der Waals surface area contributed by atoms with Crippen molar-refractivity contribution >= 4 is 29.4 Å². The van der Waals surface area contributed by atoms with Gasteiger partial charge in [0.15, 0.2) is 0 Å². The molecule has 1 aromatic heterocycles. The second kappa shape index (κ2) is 8.70. The largest absolute Gasteiger partial charge is 0.481 e. The van der Waals surface area contributed by atoms with Crippen LogP contribution < -0.4 is 5.43 Å². The van der Waals surface area contributed by atoms with E-state index in [-0.39, 0.29) is 11.7 Å². The lowest BCUT2D eigenvalue weighted by Gasteiger charge is -2.07. The van der Waals surface area contributed by atoms with Gasteiger partial charge in [-0.15, -0.1) is 11.8 Å². The van der Waals surface area contributed by atoms with Crippen LogP contribution in [-0.2, 0) is 4.79 Å². The van der Waals surface area contributed by atoms with Gasteiger partial charge in [-0.25, -0.2) is 5.43 Å². The van der Waals surface area contributed by atoms with E-state index in [9.17, 15) is 9.59 Å². The van der Waals surface area contributed by atoms with Gasteiger partial charge >= 0.3 is 5.97 Å². The van der Waals surface area contributed by atoms with E-state index in [1.54, 1.807) is 12.1 Å². The first-order chi connectivity index (χ1) is 11.2. The highest BCUT2D eigenvalue weighted by molar-refractivity contribution is 8.00. The summed E-state index contributed by atoms with van der Waals surface area (Å²) in [5.74, 6) is -0.871. The Morgan fingerprint density at radius 1 is 1.04 bits per heavy atom. The molecule has 1 amide bonds. The van der Waals surface area contributed by atoms with Gasteiger partial charge in [0, 0.05) is 23.7 Å². The topological polar surface area (TPSA) is 91.6 Å². The van der Waals surface area contributed by atoms with Gasteiger partial charge in [-0.1, -0.05) is 30.3 Å². The van der Waals surface area contributed by atoms with Gasteiger partial charge in [-0.05, 0) is 17.7 Å². The van der Waals surface area contributed by atoms with Crippen LogP contribution in [0.15, 0.2) is 60.0 Å². The summed E-state index contributed by atoms with van der Waals surface area (Å²) in [6.45, 7) is 0. The third-order valence-electron chi connectivity index (χ3n) is 2.81. The fourth-order valence-electron chi connectivity index (χ4n) is 1.73. The number of nitrogens with zero attached hydrogens (tertiary/aromatic N) is 2. The Hall–Kier alpha value is -2.67. The fraction of sp³-hybridized carbons (Fsp3) is 0.125. The van der Waals surface area contributed by atoms with Crippen molar-refractivity contribution in [1.29, 1.82) is 0 Å². The van der Waals surface area contributed by atoms with Gasteiger partial charge in [0.1, 0.15) is 0 Å². The number of pyridine rings is 1. The van der Waals surface area contributed by atoms with E-state index in [4.69, 9.17) is 5.11 Å². The first-order valence-electron chi connectivity index (χ1n) is 6.78. The zero-order chi connectivity index (χ0) is 16.5. The van der Waals surface area contributed by atoms with Gasteiger partial charge in [0.25, 0.3) is 5.91 Å². The molecule has 2 rings (SSSR count). The molecule has 0 aliphatic carbocycles. The number of carbonyl (C=O) groups is 2. The predicted octanol–water partition coefficient (Wildman–Crippen LogP) is 2.03. The minimum absolute atomic E-state index is 0.0237. The van der Waals surface area contributed by atoms with Crippen LogP contribution in [0.5, 0.6) is 0 Å². The highest BCUT2D eigenvalue weighted by atomic mass is 32.2. The molecule has 2 N–H and O–H groups in total. The summed E-state index contributed by atoms with van der Waals surface area (Å²) >= 11 is 1.22. The van der Waals surface area contributed by atoms with Gasteiger partial charge in [0.2, 0.25) is 0 Å². The number of carboxylic acid groups (broad SMARTS) is 1. The minimum Gasteiger partial charge on any atom is -0.481 e. The molecule has 7 heteroatoms. The maximum absolute atomic E-state index is 12.0. The lowest BCUT2D eigenvalue weighted by molar-refractivity contribution is -0.133. The van der Waals surface area contributed by atoms with Crippen LogP contribution in [0, 0.1) is 0 Å². The summed E-state index contributed by atoms with van der Waals surface area (Å²) in [7, 11) is 0. The van der Waals surface area contributed by atoms with Crippen molar-refractivity contribution in [3.8, 4) is 0 Å².